The highest BCUT2D eigenvalue weighted by molar-refractivity contribution is 6.30. The molecule has 0 atom stereocenters. The van der Waals surface area contributed by atoms with E-state index >= 15 is 0 Å². The molecule has 1 amide bonds. The Morgan fingerprint density at radius 3 is 2.33 bits per heavy atom. The summed E-state index contributed by atoms with van der Waals surface area (Å²) in [5.41, 5.74) is 8.19. The molecule has 8 heteroatoms. The van der Waals surface area contributed by atoms with Crippen molar-refractivity contribution in [1.82, 2.24) is 9.78 Å². The minimum atomic E-state index is -0.721. The van der Waals surface area contributed by atoms with Gasteiger partial charge in [-0.15, -0.1) is 0 Å². The largest absolute Gasteiger partial charge is 0.417 e. The molecule has 150 valence electrons. The summed E-state index contributed by atoms with van der Waals surface area (Å²) in [6, 6.07) is 21.2. The van der Waals surface area contributed by atoms with Crippen molar-refractivity contribution in [2.45, 2.75) is 0 Å². The Hall–Kier alpha value is -3.84. The lowest BCUT2D eigenvalue weighted by Crippen LogP contribution is -2.18. The number of hydrogen-bond acceptors (Lipinski definition) is 4. The lowest BCUT2D eigenvalue weighted by Gasteiger charge is -2.08. The lowest BCUT2D eigenvalue weighted by molar-refractivity contribution is 0.215. The number of benzene rings is 3. The van der Waals surface area contributed by atoms with Crippen molar-refractivity contribution in [3.05, 3.63) is 89.7 Å². The molecule has 0 radical (unpaired) electrons. The Morgan fingerprint density at radius 2 is 1.67 bits per heavy atom. The smallest absolute Gasteiger partial charge is 0.410 e. The number of hydrogen-bond donors (Lipinski definition) is 2. The van der Waals surface area contributed by atoms with Gasteiger partial charge in [-0.2, -0.15) is 5.10 Å². The van der Waals surface area contributed by atoms with Crippen molar-refractivity contribution in [2.75, 3.05) is 11.1 Å². The molecule has 30 heavy (non-hydrogen) atoms. The second-order valence-electron chi connectivity index (χ2n) is 6.33. The van der Waals surface area contributed by atoms with E-state index < -0.39 is 6.09 Å². The molecule has 1 aromatic heterocycles. The molecule has 0 unspecified atom stereocenters. The SMILES string of the molecule is Nc1c(NC(=O)Oc2ccccc2)c(-c2ccc(Cl)cc2)nn1-c1ccc(F)cc1. The van der Waals surface area contributed by atoms with Crippen LogP contribution < -0.4 is 15.8 Å². The molecule has 0 spiro atoms. The number of halogens is 2. The first-order valence-electron chi connectivity index (χ1n) is 8.95. The van der Waals surface area contributed by atoms with E-state index in [0.717, 1.165) is 0 Å². The van der Waals surface area contributed by atoms with E-state index in [0.29, 0.717) is 27.7 Å². The van der Waals surface area contributed by atoms with E-state index in [9.17, 15) is 9.18 Å². The fraction of sp³-hybridized carbons (Fsp3) is 0. The maximum absolute atomic E-state index is 13.3. The molecule has 3 N–H and O–H groups in total. The van der Waals surface area contributed by atoms with Crippen LogP contribution in [-0.2, 0) is 0 Å². The van der Waals surface area contributed by atoms with Crippen LogP contribution in [0.2, 0.25) is 5.02 Å². The molecule has 6 nitrogen and oxygen atoms in total. The molecule has 3 aromatic carbocycles. The molecular formula is C22H16ClFN4O2. The summed E-state index contributed by atoms with van der Waals surface area (Å²) in [6.45, 7) is 0. The normalized spacial score (nSPS) is 10.6. The summed E-state index contributed by atoms with van der Waals surface area (Å²) in [5, 5.41) is 7.75. The summed E-state index contributed by atoms with van der Waals surface area (Å²) in [5.74, 6) is 0.163. The predicted molar refractivity (Wildman–Crippen MR) is 114 cm³/mol. The van der Waals surface area contributed by atoms with Gasteiger partial charge in [0.25, 0.3) is 0 Å². The fourth-order valence-corrected chi connectivity index (χ4v) is 2.99. The van der Waals surface area contributed by atoms with Gasteiger partial charge in [0.05, 0.1) is 5.69 Å². The lowest BCUT2D eigenvalue weighted by atomic mass is 10.1. The molecule has 0 bridgehead atoms. The zero-order valence-electron chi connectivity index (χ0n) is 15.5. The van der Waals surface area contributed by atoms with Gasteiger partial charge in [0.15, 0.2) is 5.82 Å². The van der Waals surface area contributed by atoms with Crippen LogP contribution in [0.15, 0.2) is 78.9 Å². The molecule has 0 saturated carbocycles. The summed E-state index contributed by atoms with van der Waals surface area (Å²) in [6.07, 6.45) is -0.721. The van der Waals surface area contributed by atoms with Crippen LogP contribution in [-0.4, -0.2) is 15.9 Å². The van der Waals surface area contributed by atoms with Crippen LogP contribution in [0, 0.1) is 5.82 Å². The summed E-state index contributed by atoms with van der Waals surface area (Å²) < 4.78 is 20.0. The standard InChI is InChI=1S/C22H16ClFN4O2/c23-15-8-6-14(7-9-15)19-20(26-22(29)30-18-4-2-1-3-5-18)21(25)28(27-19)17-12-10-16(24)11-13-17/h1-13H,25H2,(H,26,29). The van der Waals surface area contributed by atoms with Gasteiger partial charge in [0, 0.05) is 10.6 Å². The number of nitrogens with zero attached hydrogens (tertiary/aromatic N) is 2. The topological polar surface area (TPSA) is 82.2 Å². The second-order valence-corrected chi connectivity index (χ2v) is 6.77. The quantitative estimate of drug-likeness (QED) is 0.453. The molecular weight excluding hydrogens is 407 g/mol. The van der Waals surface area contributed by atoms with E-state index in [4.69, 9.17) is 22.1 Å². The number of rotatable bonds is 4. The number of carbonyl (C=O) groups is 1. The van der Waals surface area contributed by atoms with Crippen LogP contribution in [0.25, 0.3) is 16.9 Å². The maximum Gasteiger partial charge on any atom is 0.417 e. The van der Waals surface area contributed by atoms with Crippen LogP contribution in [0.4, 0.5) is 20.7 Å². The Morgan fingerprint density at radius 1 is 1.00 bits per heavy atom. The number of para-hydroxylation sites is 1. The third kappa shape index (κ3) is 4.11. The third-order valence-electron chi connectivity index (χ3n) is 4.29. The summed E-state index contributed by atoms with van der Waals surface area (Å²) in [7, 11) is 0. The Bertz CT molecular complexity index is 1180. The average Bonchev–Trinajstić information content (AvgIpc) is 3.06. The van der Waals surface area contributed by atoms with Gasteiger partial charge in [0.1, 0.15) is 22.9 Å². The van der Waals surface area contributed by atoms with Crippen LogP contribution in [0.5, 0.6) is 5.75 Å². The first kappa shape index (κ1) is 19.5. The summed E-state index contributed by atoms with van der Waals surface area (Å²) >= 11 is 5.99. The van der Waals surface area contributed by atoms with Gasteiger partial charge < -0.3 is 10.5 Å². The Kier molecular flexibility index (Phi) is 5.36. The minimum absolute atomic E-state index is 0.163. The van der Waals surface area contributed by atoms with Crippen LogP contribution in [0.3, 0.4) is 0 Å². The first-order valence-corrected chi connectivity index (χ1v) is 9.33. The molecule has 0 saturated heterocycles. The molecule has 0 aliphatic carbocycles. The van der Waals surface area contributed by atoms with Gasteiger partial charge in [-0.05, 0) is 48.5 Å². The van der Waals surface area contributed by atoms with Crippen molar-refractivity contribution in [1.29, 1.82) is 0 Å². The molecule has 0 aliphatic heterocycles. The highest BCUT2D eigenvalue weighted by Gasteiger charge is 2.21. The zero-order valence-corrected chi connectivity index (χ0v) is 16.3. The highest BCUT2D eigenvalue weighted by Crippen LogP contribution is 2.34. The molecule has 1 heterocycles. The van der Waals surface area contributed by atoms with Crippen molar-refractivity contribution >= 4 is 29.2 Å². The van der Waals surface area contributed by atoms with Gasteiger partial charge in [0.2, 0.25) is 0 Å². The summed E-state index contributed by atoms with van der Waals surface area (Å²) in [4.78, 5) is 12.5. The Balaban J connectivity index is 1.73. The van der Waals surface area contributed by atoms with E-state index in [1.165, 1.54) is 28.9 Å². The van der Waals surface area contributed by atoms with E-state index in [-0.39, 0.29) is 17.3 Å². The van der Waals surface area contributed by atoms with E-state index in [1.807, 2.05) is 6.07 Å². The van der Waals surface area contributed by atoms with E-state index in [1.54, 1.807) is 48.5 Å². The van der Waals surface area contributed by atoms with Crippen molar-refractivity contribution in [3.63, 3.8) is 0 Å². The van der Waals surface area contributed by atoms with E-state index in [2.05, 4.69) is 10.4 Å². The number of nitrogens with one attached hydrogen (secondary N) is 1. The van der Waals surface area contributed by atoms with Crippen LogP contribution >= 0.6 is 11.6 Å². The van der Waals surface area contributed by atoms with Crippen molar-refractivity contribution < 1.29 is 13.9 Å². The molecule has 0 aliphatic rings. The van der Waals surface area contributed by atoms with Gasteiger partial charge in [-0.3, -0.25) is 5.32 Å². The average molecular weight is 423 g/mol. The molecule has 4 aromatic rings. The third-order valence-corrected chi connectivity index (χ3v) is 4.54. The number of ether oxygens (including phenoxy) is 1. The fourth-order valence-electron chi connectivity index (χ4n) is 2.87. The molecule has 0 fully saturated rings. The minimum Gasteiger partial charge on any atom is -0.410 e. The predicted octanol–water partition coefficient (Wildman–Crippen LogP) is 5.52. The van der Waals surface area contributed by atoms with Gasteiger partial charge in [-0.25, -0.2) is 13.9 Å². The van der Waals surface area contributed by atoms with Gasteiger partial charge >= 0.3 is 6.09 Å². The second kappa shape index (κ2) is 8.26. The number of aromatic nitrogens is 2. The highest BCUT2D eigenvalue weighted by atomic mass is 35.5. The van der Waals surface area contributed by atoms with Crippen molar-refractivity contribution in [2.24, 2.45) is 0 Å². The van der Waals surface area contributed by atoms with Crippen LogP contribution in [0.1, 0.15) is 0 Å². The zero-order chi connectivity index (χ0) is 21.1. The van der Waals surface area contributed by atoms with Crippen molar-refractivity contribution in [3.8, 4) is 22.7 Å². The van der Waals surface area contributed by atoms with Gasteiger partial charge in [-0.1, -0.05) is 41.9 Å². The maximum atomic E-state index is 13.3. The number of amides is 1. The Labute approximate surface area is 176 Å². The number of anilines is 2. The number of carbonyl (C=O) groups excluding carboxylic acids is 1. The first-order chi connectivity index (χ1) is 14.5. The number of nitrogens with two attached hydrogens (primary N) is 1. The molecule has 4 rings (SSSR count). The monoisotopic (exact) mass is 422 g/mol. The number of nitrogen functional groups attached to an aromatic ring is 1.